The van der Waals surface area contributed by atoms with E-state index in [-0.39, 0.29) is 6.10 Å². The standard InChI is InChI=1S/C11H21NO/c1-2-11(13)8-12-6-9-4-3-5-10(9)7-12/h9-11,13H,2-8H2,1H3. The maximum absolute atomic E-state index is 9.54. The van der Waals surface area contributed by atoms with Crippen molar-refractivity contribution in [3.05, 3.63) is 0 Å². The van der Waals surface area contributed by atoms with Crippen LogP contribution in [0.4, 0.5) is 0 Å². The van der Waals surface area contributed by atoms with Gasteiger partial charge in [-0.05, 0) is 31.1 Å². The van der Waals surface area contributed by atoms with E-state index in [9.17, 15) is 5.11 Å². The zero-order chi connectivity index (χ0) is 9.26. The highest BCUT2D eigenvalue weighted by Crippen LogP contribution is 2.37. The van der Waals surface area contributed by atoms with Gasteiger partial charge in [0.2, 0.25) is 0 Å². The Hall–Kier alpha value is -0.0800. The number of likely N-dealkylation sites (tertiary alicyclic amines) is 1. The first-order chi connectivity index (χ1) is 6.29. The van der Waals surface area contributed by atoms with Gasteiger partial charge >= 0.3 is 0 Å². The molecule has 0 aromatic carbocycles. The van der Waals surface area contributed by atoms with E-state index in [0.29, 0.717) is 0 Å². The van der Waals surface area contributed by atoms with E-state index in [1.54, 1.807) is 0 Å². The lowest BCUT2D eigenvalue weighted by molar-refractivity contribution is 0.117. The van der Waals surface area contributed by atoms with Gasteiger partial charge in [0.15, 0.2) is 0 Å². The number of fused-ring (bicyclic) bond motifs is 1. The van der Waals surface area contributed by atoms with Gasteiger partial charge in [-0.25, -0.2) is 0 Å². The summed E-state index contributed by atoms with van der Waals surface area (Å²) in [6.07, 6.45) is 5.11. The van der Waals surface area contributed by atoms with E-state index in [1.165, 1.54) is 32.4 Å². The Morgan fingerprint density at radius 3 is 2.46 bits per heavy atom. The number of β-amino-alcohol motifs (C(OH)–C–C–N with tert-alkyl or cyclic N) is 1. The second-order valence-electron chi connectivity index (χ2n) is 4.73. The van der Waals surface area contributed by atoms with Crippen LogP contribution >= 0.6 is 0 Å². The van der Waals surface area contributed by atoms with Crippen molar-refractivity contribution in [3.8, 4) is 0 Å². The average molecular weight is 183 g/mol. The third-order valence-corrected chi connectivity index (χ3v) is 3.74. The molecule has 1 heterocycles. The number of aliphatic hydroxyl groups excluding tert-OH is 1. The van der Waals surface area contributed by atoms with Crippen LogP contribution < -0.4 is 0 Å². The normalized spacial score (nSPS) is 36.5. The topological polar surface area (TPSA) is 23.5 Å². The van der Waals surface area contributed by atoms with E-state index < -0.39 is 0 Å². The van der Waals surface area contributed by atoms with E-state index in [1.807, 2.05) is 0 Å². The molecule has 1 aliphatic carbocycles. The lowest BCUT2D eigenvalue weighted by Gasteiger charge is -2.19. The molecule has 0 radical (unpaired) electrons. The molecule has 0 aromatic rings. The predicted molar refractivity (Wildman–Crippen MR) is 53.6 cm³/mol. The lowest BCUT2D eigenvalue weighted by Crippen LogP contribution is -2.30. The quantitative estimate of drug-likeness (QED) is 0.716. The molecule has 76 valence electrons. The molecule has 1 N–H and O–H groups in total. The Bertz CT molecular complexity index is 157. The number of aliphatic hydroxyl groups is 1. The number of nitrogens with zero attached hydrogens (tertiary/aromatic N) is 1. The summed E-state index contributed by atoms with van der Waals surface area (Å²) < 4.78 is 0. The van der Waals surface area contributed by atoms with Gasteiger partial charge in [-0.2, -0.15) is 0 Å². The van der Waals surface area contributed by atoms with E-state index in [2.05, 4.69) is 11.8 Å². The van der Waals surface area contributed by atoms with Crippen molar-refractivity contribution in [2.45, 2.75) is 38.7 Å². The van der Waals surface area contributed by atoms with Crippen LogP contribution in [0.15, 0.2) is 0 Å². The Kier molecular flexibility index (Phi) is 2.89. The molecular weight excluding hydrogens is 162 g/mol. The second kappa shape index (κ2) is 3.97. The van der Waals surface area contributed by atoms with Crippen LogP contribution in [-0.4, -0.2) is 35.7 Å². The van der Waals surface area contributed by atoms with Crippen molar-refractivity contribution in [1.82, 2.24) is 4.90 Å². The van der Waals surface area contributed by atoms with E-state index in [4.69, 9.17) is 0 Å². The molecule has 0 aromatic heterocycles. The molecule has 3 atom stereocenters. The van der Waals surface area contributed by atoms with Crippen LogP contribution in [0.25, 0.3) is 0 Å². The largest absolute Gasteiger partial charge is 0.392 e. The fraction of sp³-hybridized carbons (Fsp3) is 1.00. The highest BCUT2D eigenvalue weighted by atomic mass is 16.3. The molecule has 0 bridgehead atoms. The van der Waals surface area contributed by atoms with Crippen molar-refractivity contribution < 1.29 is 5.11 Å². The highest BCUT2D eigenvalue weighted by molar-refractivity contribution is 4.88. The van der Waals surface area contributed by atoms with Crippen molar-refractivity contribution in [2.75, 3.05) is 19.6 Å². The molecule has 2 nitrogen and oxygen atoms in total. The smallest absolute Gasteiger partial charge is 0.0664 e. The Labute approximate surface area is 80.9 Å². The Morgan fingerprint density at radius 2 is 1.92 bits per heavy atom. The molecule has 2 rings (SSSR count). The van der Waals surface area contributed by atoms with Gasteiger partial charge in [-0.1, -0.05) is 13.3 Å². The molecule has 0 spiro atoms. The summed E-state index contributed by atoms with van der Waals surface area (Å²) in [5, 5.41) is 9.54. The monoisotopic (exact) mass is 183 g/mol. The first kappa shape index (κ1) is 9.47. The third-order valence-electron chi connectivity index (χ3n) is 3.74. The van der Waals surface area contributed by atoms with Crippen molar-refractivity contribution in [3.63, 3.8) is 0 Å². The predicted octanol–water partition coefficient (Wildman–Crippen LogP) is 1.49. The van der Waals surface area contributed by atoms with Crippen LogP contribution in [-0.2, 0) is 0 Å². The maximum atomic E-state index is 9.54. The van der Waals surface area contributed by atoms with Gasteiger partial charge in [-0.3, -0.25) is 0 Å². The molecule has 1 aliphatic heterocycles. The van der Waals surface area contributed by atoms with Gasteiger partial charge in [-0.15, -0.1) is 0 Å². The molecule has 1 saturated heterocycles. The SMILES string of the molecule is CCC(O)CN1CC2CCCC2C1. The van der Waals surface area contributed by atoms with Gasteiger partial charge in [0.05, 0.1) is 6.10 Å². The van der Waals surface area contributed by atoms with Gasteiger partial charge < -0.3 is 10.0 Å². The fourth-order valence-corrected chi connectivity index (χ4v) is 2.91. The molecule has 1 saturated carbocycles. The summed E-state index contributed by atoms with van der Waals surface area (Å²) in [4.78, 5) is 2.46. The van der Waals surface area contributed by atoms with Crippen LogP contribution in [0, 0.1) is 11.8 Å². The van der Waals surface area contributed by atoms with Gasteiger partial charge in [0.25, 0.3) is 0 Å². The summed E-state index contributed by atoms with van der Waals surface area (Å²) in [7, 11) is 0. The molecule has 13 heavy (non-hydrogen) atoms. The first-order valence-corrected chi connectivity index (χ1v) is 5.70. The van der Waals surface area contributed by atoms with E-state index in [0.717, 1.165) is 24.8 Å². The highest BCUT2D eigenvalue weighted by Gasteiger charge is 2.36. The Morgan fingerprint density at radius 1 is 1.31 bits per heavy atom. The molecule has 2 aliphatic rings. The van der Waals surface area contributed by atoms with Crippen LogP contribution in [0.3, 0.4) is 0 Å². The maximum Gasteiger partial charge on any atom is 0.0664 e. The first-order valence-electron chi connectivity index (χ1n) is 5.70. The van der Waals surface area contributed by atoms with Crippen LogP contribution in [0.2, 0.25) is 0 Å². The van der Waals surface area contributed by atoms with Gasteiger partial charge in [0, 0.05) is 19.6 Å². The molecule has 0 amide bonds. The van der Waals surface area contributed by atoms with E-state index >= 15 is 0 Å². The minimum Gasteiger partial charge on any atom is -0.392 e. The van der Waals surface area contributed by atoms with Crippen LogP contribution in [0.5, 0.6) is 0 Å². The molecule has 2 heteroatoms. The average Bonchev–Trinajstić information content (AvgIpc) is 2.63. The van der Waals surface area contributed by atoms with Crippen molar-refractivity contribution >= 4 is 0 Å². The summed E-state index contributed by atoms with van der Waals surface area (Å²) in [6, 6.07) is 0. The zero-order valence-electron chi connectivity index (χ0n) is 8.58. The molecular formula is C11H21NO. The molecule has 3 unspecified atom stereocenters. The van der Waals surface area contributed by atoms with Crippen molar-refractivity contribution in [1.29, 1.82) is 0 Å². The van der Waals surface area contributed by atoms with Gasteiger partial charge in [0.1, 0.15) is 0 Å². The summed E-state index contributed by atoms with van der Waals surface area (Å²) in [6.45, 7) is 5.47. The van der Waals surface area contributed by atoms with Crippen LogP contribution in [0.1, 0.15) is 32.6 Å². The Balaban J connectivity index is 1.78. The summed E-state index contributed by atoms with van der Waals surface area (Å²) in [5.74, 6) is 1.92. The van der Waals surface area contributed by atoms with Crippen molar-refractivity contribution in [2.24, 2.45) is 11.8 Å². The minimum absolute atomic E-state index is 0.0983. The number of hydrogen-bond acceptors (Lipinski definition) is 2. The number of rotatable bonds is 3. The third kappa shape index (κ3) is 2.05. The fourth-order valence-electron chi connectivity index (χ4n) is 2.91. The minimum atomic E-state index is -0.0983. The zero-order valence-corrected chi connectivity index (χ0v) is 8.58. The second-order valence-corrected chi connectivity index (χ2v) is 4.73. The number of hydrogen-bond donors (Lipinski definition) is 1. The summed E-state index contributed by atoms with van der Waals surface area (Å²) in [5.41, 5.74) is 0. The summed E-state index contributed by atoms with van der Waals surface area (Å²) >= 11 is 0. The lowest BCUT2D eigenvalue weighted by atomic mass is 10.0. The molecule has 2 fully saturated rings.